The molecule has 5 heteroatoms. The molecule has 0 aromatic rings. The lowest BCUT2D eigenvalue weighted by atomic mass is 10.0. The summed E-state index contributed by atoms with van der Waals surface area (Å²) in [6, 6.07) is 0. The zero-order chi connectivity index (χ0) is 17.7. The van der Waals surface area contributed by atoms with Gasteiger partial charge in [0.05, 0.1) is 6.54 Å². The second-order valence-corrected chi connectivity index (χ2v) is 7.14. The first-order valence-corrected chi connectivity index (χ1v) is 9.94. The largest absolute Gasteiger partial charge is 0.477 e. The predicted molar refractivity (Wildman–Crippen MR) is 97.4 cm³/mol. The summed E-state index contributed by atoms with van der Waals surface area (Å²) in [7, 11) is 0. The highest BCUT2D eigenvalue weighted by molar-refractivity contribution is 5.79. The van der Waals surface area contributed by atoms with Gasteiger partial charge in [-0.05, 0) is 6.42 Å². The molecule has 0 radical (unpaired) electrons. The Morgan fingerprint density at radius 3 is 1.96 bits per heavy atom. The number of rotatable bonds is 15. The number of aliphatic carboxylic acids is 1. The quantitative estimate of drug-likeness (QED) is 0.333. The third-order valence-electron chi connectivity index (χ3n) is 4.90. The monoisotopic (exact) mass is 341 g/mol. The minimum Gasteiger partial charge on any atom is -0.477 e. The first-order valence-electron chi connectivity index (χ1n) is 9.94. The average molecular weight is 342 g/mol. The van der Waals surface area contributed by atoms with E-state index in [1.165, 1.54) is 64.2 Å². The number of quaternary nitrogens is 1. The second-order valence-electron chi connectivity index (χ2n) is 7.14. The number of carboxylic acid groups (broad SMARTS) is 1. The number of carbonyl (C=O) groups is 1. The maximum atomic E-state index is 10.9. The molecule has 1 unspecified atom stereocenters. The highest BCUT2D eigenvalue weighted by Crippen LogP contribution is 2.18. The standard InChI is InChI=1S/C19H36N2O3/c1-2-3-4-5-6-7-8-9-10-11-12-13-14-18-20-15-16-21(18,24)17-19(22)23/h24H,2-17H2,1H3/p+1. The maximum absolute atomic E-state index is 10.9. The lowest BCUT2D eigenvalue weighted by Gasteiger charge is -2.23. The lowest BCUT2D eigenvalue weighted by molar-refractivity contribution is -1.02. The third-order valence-corrected chi connectivity index (χ3v) is 4.90. The zero-order valence-corrected chi connectivity index (χ0v) is 15.5. The van der Waals surface area contributed by atoms with E-state index in [4.69, 9.17) is 5.11 Å². The third kappa shape index (κ3) is 8.78. The molecular formula is C19H37N2O3+. The molecule has 1 rings (SSSR count). The van der Waals surface area contributed by atoms with Gasteiger partial charge in [-0.15, -0.1) is 4.65 Å². The number of nitrogens with zero attached hydrogens (tertiary/aromatic N) is 2. The highest BCUT2D eigenvalue weighted by atomic mass is 16.6. The number of hydrogen-bond acceptors (Lipinski definition) is 3. The maximum Gasteiger partial charge on any atom is 0.362 e. The van der Waals surface area contributed by atoms with Crippen LogP contribution in [0.15, 0.2) is 4.99 Å². The van der Waals surface area contributed by atoms with Crippen molar-refractivity contribution in [2.75, 3.05) is 19.6 Å². The van der Waals surface area contributed by atoms with E-state index >= 15 is 0 Å². The van der Waals surface area contributed by atoms with Crippen molar-refractivity contribution in [1.82, 2.24) is 0 Å². The molecule has 0 aliphatic carbocycles. The van der Waals surface area contributed by atoms with Crippen LogP contribution in [0.5, 0.6) is 0 Å². The predicted octanol–water partition coefficient (Wildman–Crippen LogP) is 4.78. The van der Waals surface area contributed by atoms with E-state index in [1.807, 2.05) is 0 Å². The number of amidine groups is 1. The van der Waals surface area contributed by atoms with Crippen molar-refractivity contribution in [2.24, 2.45) is 4.99 Å². The summed E-state index contributed by atoms with van der Waals surface area (Å²) >= 11 is 0. The Morgan fingerprint density at radius 1 is 0.958 bits per heavy atom. The molecule has 0 aromatic carbocycles. The summed E-state index contributed by atoms with van der Waals surface area (Å²) < 4.78 is -0.479. The summed E-state index contributed by atoms with van der Waals surface area (Å²) in [5, 5.41) is 19.2. The summed E-state index contributed by atoms with van der Waals surface area (Å²) in [4.78, 5) is 15.2. The van der Waals surface area contributed by atoms with E-state index in [0.29, 0.717) is 18.9 Å². The van der Waals surface area contributed by atoms with E-state index in [9.17, 15) is 10.0 Å². The molecule has 0 spiro atoms. The van der Waals surface area contributed by atoms with Crippen LogP contribution < -0.4 is 0 Å². The molecular weight excluding hydrogens is 304 g/mol. The number of aliphatic imine (C=N–C) groups is 1. The van der Waals surface area contributed by atoms with E-state index in [0.717, 1.165) is 19.3 Å². The van der Waals surface area contributed by atoms with Crippen LogP contribution >= 0.6 is 0 Å². The Kier molecular flexibility index (Phi) is 10.9. The van der Waals surface area contributed by atoms with E-state index < -0.39 is 10.6 Å². The smallest absolute Gasteiger partial charge is 0.362 e. The highest BCUT2D eigenvalue weighted by Gasteiger charge is 2.39. The van der Waals surface area contributed by atoms with Crippen molar-refractivity contribution >= 4 is 11.8 Å². The fourth-order valence-corrected chi connectivity index (χ4v) is 3.41. The van der Waals surface area contributed by atoms with Crippen molar-refractivity contribution < 1.29 is 19.8 Å². The Morgan fingerprint density at radius 2 is 1.46 bits per heavy atom. The van der Waals surface area contributed by atoms with Crippen LogP contribution in [0, 0.1) is 0 Å². The number of carboxylic acids is 1. The topological polar surface area (TPSA) is 69.9 Å². The van der Waals surface area contributed by atoms with Gasteiger partial charge in [0.2, 0.25) is 12.4 Å². The van der Waals surface area contributed by atoms with Gasteiger partial charge in [-0.3, -0.25) is 0 Å². The van der Waals surface area contributed by atoms with Gasteiger partial charge in [-0.1, -0.05) is 77.6 Å². The van der Waals surface area contributed by atoms with E-state index in [2.05, 4.69) is 11.9 Å². The summed E-state index contributed by atoms with van der Waals surface area (Å²) in [6.45, 7) is 2.93. The number of unbranched alkanes of at least 4 members (excludes halogenated alkanes) is 11. The van der Waals surface area contributed by atoms with E-state index in [1.54, 1.807) is 0 Å². The molecule has 2 N–H and O–H groups in total. The molecule has 140 valence electrons. The van der Waals surface area contributed by atoms with E-state index in [-0.39, 0.29) is 6.54 Å². The van der Waals surface area contributed by atoms with Crippen LogP contribution in [-0.4, -0.2) is 46.4 Å². The van der Waals surface area contributed by atoms with Gasteiger partial charge < -0.3 is 5.11 Å². The Labute approximate surface area is 147 Å². The van der Waals surface area contributed by atoms with Crippen molar-refractivity contribution in [2.45, 2.75) is 90.4 Å². The molecule has 1 heterocycles. The number of hydrogen-bond donors (Lipinski definition) is 2. The van der Waals surface area contributed by atoms with Gasteiger partial charge in [-0.25, -0.2) is 15.0 Å². The fraction of sp³-hybridized carbons (Fsp3) is 0.895. The van der Waals surface area contributed by atoms with Gasteiger partial charge in [-0.2, -0.15) is 0 Å². The Bertz CT molecular complexity index is 385. The number of hydroxylamine groups is 3. The molecule has 0 fully saturated rings. The molecule has 1 aliphatic heterocycles. The summed E-state index contributed by atoms with van der Waals surface area (Å²) in [5.41, 5.74) is 0. The van der Waals surface area contributed by atoms with Gasteiger partial charge in [0.25, 0.3) is 0 Å². The molecule has 0 amide bonds. The molecule has 0 saturated heterocycles. The molecule has 24 heavy (non-hydrogen) atoms. The molecule has 0 aromatic heterocycles. The molecule has 5 nitrogen and oxygen atoms in total. The van der Waals surface area contributed by atoms with Crippen molar-refractivity contribution in [3.63, 3.8) is 0 Å². The van der Waals surface area contributed by atoms with Crippen LogP contribution in [0.1, 0.15) is 90.4 Å². The molecule has 0 saturated carbocycles. The van der Waals surface area contributed by atoms with Crippen molar-refractivity contribution in [1.29, 1.82) is 0 Å². The normalized spacial score (nSPS) is 20.3. The van der Waals surface area contributed by atoms with Crippen molar-refractivity contribution in [3.05, 3.63) is 0 Å². The lowest BCUT2D eigenvalue weighted by Crippen LogP contribution is -2.50. The second kappa shape index (κ2) is 12.4. The minimum absolute atomic E-state index is 0.267. The van der Waals surface area contributed by atoms with Gasteiger partial charge >= 0.3 is 5.97 Å². The average Bonchev–Trinajstić information content (AvgIpc) is 2.88. The Balaban J connectivity index is 1.96. The van der Waals surface area contributed by atoms with Crippen LogP contribution in [0.25, 0.3) is 0 Å². The van der Waals surface area contributed by atoms with Crippen LogP contribution in [0.2, 0.25) is 0 Å². The van der Waals surface area contributed by atoms with Crippen LogP contribution in [-0.2, 0) is 4.79 Å². The Hall–Kier alpha value is -0.940. The summed E-state index contributed by atoms with van der Waals surface area (Å²) in [5.74, 6) is -0.314. The fourth-order valence-electron chi connectivity index (χ4n) is 3.41. The van der Waals surface area contributed by atoms with Gasteiger partial charge in [0.1, 0.15) is 6.54 Å². The summed E-state index contributed by atoms with van der Waals surface area (Å²) in [6.07, 6.45) is 16.3. The van der Waals surface area contributed by atoms with Crippen LogP contribution in [0.4, 0.5) is 0 Å². The first-order chi connectivity index (χ1) is 11.6. The molecule has 1 aliphatic rings. The molecule has 0 bridgehead atoms. The molecule has 1 atom stereocenters. The first kappa shape index (κ1) is 21.1. The zero-order valence-electron chi connectivity index (χ0n) is 15.5. The SMILES string of the molecule is CCCCCCCCCCCCCCC1=NCC[N+]1(O)CC(=O)O. The van der Waals surface area contributed by atoms with Gasteiger partial charge in [0, 0.05) is 6.42 Å². The van der Waals surface area contributed by atoms with Gasteiger partial charge in [0.15, 0.2) is 0 Å². The van der Waals surface area contributed by atoms with Crippen molar-refractivity contribution in [3.8, 4) is 0 Å². The van der Waals surface area contributed by atoms with Crippen LogP contribution in [0.3, 0.4) is 0 Å². The minimum atomic E-state index is -0.971.